The Balaban J connectivity index is 2.02. The summed E-state index contributed by atoms with van der Waals surface area (Å²) >= 11 is 5.91. The summed E-state index contributed by atoms with van der Waals surface area (Å²) in [5, 5.41) is 4.34. The summed E-state index contributed by atoms with van der Waals surface area (Å²) < 4.78 is 2.23. The highest BCUT2D eigenvalue weighted by Crippen LogP contribution is 2.18. The van der Waals surface area contributed by atoms with Crippen LogP contribution in [0.25, 0.3) is 0 Å². The zero-order valence-corrected chi connectivity index (χ0v) is 12.8. The van der Waals surface area contributed by atoms with Crippen LogP contribution in [0.1, 0.15) is 35.5 Å². The van der Waals surface area contributed by atoms with E-state index < -0.39 is 0 Å². The quantitative estimate of drug-likeness (QED) is 0.888. The average molecular weight is 277 g/mol. The molecule has 0 spiro atoms. The third-order valence-electron chi connectivity index (χ3n) is 3.85. The molecule has 3 heteroatoms. The number of hydrogen-bond acceptors (Lipinski definition) is 1. The first-order chi connectivity index (χ1) is 8.99. The Morgan fingerprint density at radius 2 is 1.84 bits per heavy atom. The van der Waals surface area contributed by atoms with Gasteiger partial charge in [-0.25, -0.2) is 0 Å². The van der Waals surface area contributed by atoms with Crippen molar-refractivity contribution in [1.82, 2.24) is 9.88 Å². The number of aryl methyl sites for hydroxylation is 1. The van der Waals surface area contributed by atoms with Crippen LogP contribution in [-0.2, 0) is 13.6 Å². The molecule has 0 fully saturated rings. The van der Waals surface area contributed by atoms with Gasteiger partial charge in [-0.1, -0.05) is 23.7 Å². The van der Waals surface area contributed by atoms with Crippen LogP contribution in [0.15, 0.2) is 30.3 Å². The van der Waals surface area contributed by atoms with Crippen molar-refractivity contribution in [2.45, 2.75) is 33.4 Å². The minimum absolute atomic E-state index is 0.317. The smallest absolute Gasteiger partial charge is 0.0406 e. The van der Waals surface area contributed by atoms with Crippen molar-refractivity contribution in [2.75, 3.05) is 0 Å². The number of aromatic nitrogens is 1. The Morgan fingerprint density at radius 3 is 2.37 bits per heavy atom. The number of rotatable bonds is 4. The molecule has 0 amide bonds. The highest BCUT2D eigenvalue weighted by atomic mass is 35.5. The Bertz CT molecular complexity index is 555. The molecule has 1 N–H and O–H groups in total. The van der Waals surface area contributed by atoms with Gasteiger partial charge in [0.15, 0.2) is 0 Å². The topological polar surface area (TPSA) is 17.0 Å². The van der Waals surface area contributed by atoms with E-state index in [9.17, 15) is 0 Å². The monoisotopic (exact) mass is 276 g/mol. The lowest BCUT2D eigenvalue weighted by Crippen LogP contribution is -2.18. The summed E-state index contributed by atoms with van der Waals surface area (Å²) in [5.41, 5.74) is 5.25. The van der Waals surface area contributed by atoms with Crippen LogP contribution in [0.2, 0.25) is 5.02 Å². The van der Waals surface area contributed by atoms with Crippen molar-refractivity contribution in [3.63, 3.8) is 0 Å². The van der Waals surface area contributed by atoms with Crippen LogP contribution in [-0.4, -0.2) is 4.57 Å². The first-order valence-electron chi connectivity index (χ1n) is 6.59. The van der Waals surface area contributed by atoms with Crippen LogP contribution in [0, 0.1) is 13.8 Å². The molecule has 0 saturated heterocycles. The van der Waals surface area contributed by atoms with Gasteiger partial charge in [-0.05, 0) is 50.1 Å². The molecule has 2 nitrogen and oxygen atoms in total. The van der Waals surface area contributed by atoms with Gasteiger partial charge >= 0.3 is 0 Å². The van der Waals surface area contributed by atoms with Crippen LogP contribution >= 0.6 is 11.6 Å². The number of nitrogens with one attached hydrogen (secondary N) is 1. The van der Waals surface area contributed by atoms with Crippen molar-refractivity contribution in [2.24, 2.45) is 7.05 Å². The minimum Gasteiger partial charge on any atom is -0.352 e. The van der Waals surface area contributed by atoms with Gasteiger partial charge in [-0.2, -0.15) is 0 Å². The molecule has 1 heterocycles. The van der Waals surface area contributed by atoms with E-state index >= 15 is 0 Å². The minimum atomic E-state index is 0.317. The first kappa shape index (κ1) is 14.2. The second-order valence-corrected chi connectivity index (χ2v) is 5.55. The molecule has 1 aromatic heterocycles. The van der Waals surface area contributed by atoms with E-state index in [1.807, 2.05) is 12.1 Å². The third kappa shape index (κ3) is 3.20. The lowest BCUT2D eigenvalue weighted by Gasteiger charge is -2.14. The summed E-state index contributed by atoms with van der Waals surface area (Å²) in [5.74, 6) is 0. The molecule has 0 saturated carbocycles. The van der Waals surface area contributed by atoms with Crippen LogP contribution in [0.4, 0.5) is 0 Å². The van der Waals surface area contributed by atoms with Crippen molar-refractivity contribution in [3.8, 4) is 0 Å². The molecule has 19 heavy (non-hydrogen) atoms. The predicted molar refractivity (Wildman–Crippen MR) is 81.6 cm³/mol. The van der Waals surface area contributed by atoms with Gasteiger partial charge in [-0.15, -0.1) is 0 Å². The van der Waals surface area contributed by atoms with Crippen LogP contribution in [0.5, 0.6) is 0 Å². The number of nitrogens with zero attached hydrogens (tertiary/aromatic N) is 1. The zero-order chi connectivity index (χ0) is 14.0. The standard InChI is InChI=1S/C16H21ClN2/c1-11-9-15(13(3)19(11)4)10-18-12(2)14-5-7-16(17)8-6-14/h5-9,12,18H,10H2,1-4H3/t12-/m1/s1. The van der Waals surface area contributed by atoms with Gasteiger partial charge in [0.05, 0.1) is 0 Å². The molecular weight excluding hydrogens is 256 g/mol. The van der Waals surface area contributed by atoms with E-state index in [0.29, 0.717) is 6.04 Å². The largest absolute Gasteiger partial charge is 0.352 e. The normalized spacial score (nSPS) is 12.7. The fraction of sp³-hybridized carbons (Fsp3) is 0.375. The number of hydrogen-bond donors (Lipinski definition) is 1. The fourth-order valence-corrected chi connectivity index (χ4v) is 2.37. The average Bonchev–Trinajstić information content (AvgIpc) is 2.64. The molecule has 0 aliphatic heterocycles. The van der Waals surface area contributed by atoms with Gasteiger partial charge in [0, 0.05) is 36.0 Å². The van der Waals surface area contributed by atoms with Crippen molar-refractivity contribution >= 4 is 11.6 Å². The van der Waals surface area contributed by atoms with Crippen LogP contribution in [0.3, 0.4) is 0 Å². The van der Waals surface area contributed by atoms with E-state index in [0.717, 1.165) is 11.6 Å². The van der Waals surface area contributed by atoms with E-state index in [4.69, 9.17) is 11.6 Å². The molecule has 1 aromatic carbocycles. The SMILES string of the molecule is Cc1cc(CN[C@H](C)c2ccc(Cl)cc2)c(C)n1C. The summed E-state index contributed by atoms with van der Waals surface area (Å²) in [6.45, 7) is 7.36. The van der Waals surface area contributed by atoms with E-state index in [1.54, 1.807) is 0 Å². The summed E-state index contributed by atoms with van der Waals surface area (Å²) in [4.78, 5) is 0. The maximum Gasteiger partial charge on any atom is 0.0406 e. The zero-order valence-electron chi connectivity index (χ0n) is 12.0. The summed E-state index contributed by atoms with van der Waals surface area (Å²) in [6, 6.07) is 10.6. The maximum absolute atomic E-state index is 5.91. The number of benzene rings is 1. The van der Waals surface area contributed by atoms with E-state index in [1.165, 1.54) is 22.5 Å². The van der Waals surface area contributed by atoms with E-state index in [2.05, 4.69) is 55.9 Å². The lowest BCUT2D eigenvalue weighted by atomic mass is 10.1. The predicted octanol–water partition coefficient (Wildman–Crippen LogP) is 4.15. The van der Waals surface area contributed by atoms with Crippen molar-refractivity contribution in [3.05, 3.63) is 57.9 Å². The van der Waals surface area contributed by atoms with Crippen LogP contribution < -0.4 is 5.32 Å². The molecule has 1 atom stereocenters. The highest BCUT2D eigenvalue weighted by molar-refractivity contribution is 6.30. The second-order valence-electron chi connectivity index (χ2n) is 5.11. The van der Waals surface area contributed by atoms with Crippen molar-refractivity contribution in [1.29, 1.82) is 0 Å². The molecule has 0 aliphatic carbocycles. The van der Waals surface area contributed by atoms with E-state index in [-0.39, 0.29) is 0 Å². The third-order valence-corrected chi connectivity index (χ3v) is 4.10. The molecule has 0 unspecified atom stereocenters. The summed E-state index contributed by atoms with van der Waals surface area (Å²) in [7, 11) is 2.11. The molecule has 2 rings (SSSR count). The van der Waals surface area contributed by atoms with Gasteiger partial charge in [0.25, 0.3) is 0 Å². The Labute approximate surface area is 120 Å². The molecule has 0 aliphatic rings. The molecule has 0 radical (unpaired) electrons. The Kier molecular flexibility index (Phi) is 4.33. The van der Waals surface area contributed by atoms with Gasteiger partial charge in [-0.3, -0.25) is 0 Å². The van der Waals surface area contributed by atoms with Gasteiger partial charge < -0.3 is 9.88 Å². The second kappa shape index (κ2) is 5.81. The fourth-order valence-electron chi connectivity index (χ4n) is 2.24. The lowest BCUT2D eigenvalue weighted by molar-refractivity contribution is 0.572. The molecular formula is C16H21ClN2. The van der Waals surface area contributed by atoms with Gasteiger partial charge in [0.1, 0.15) is 0 Å². The Morgan fingerprint density at radius 1 is 1.21 bits per heavy atom. The van der Waals surface area contributed by atoms with Gasteiger partial charge in [0.2, 0.25) is 0 Å². The number of halogens is 1. The molecule has 2 aromatic rings. The Hall–Kier alpha value is -1.25. The molecule has 102 valence electrons. The first-order valence-corrected chi connectivity index (χ1v) is 6.97. The molecule has 0 bridgehead atoms. The highest BCUT2D eigenvalue weighted by Gasteiger charge is 2.09. The maximum atomic E-state index is 5.91. The van der Waals surface area contributed by atoms with Crippen molar-refractivity contribution < 1.29 is 0 Å². The summed E-state index contributed by atoms with van der Waals surface area (Å²) in [6.07, 6.45) is 0.